The fraction of sp³-hybridized carbons (Fsp3) is 0.526. The number of unbranched alkanes of at least 4 members (excludes halogenated alkanes) is 4. The Morgan fingerprint density at radius 2 is 1.95 bits per heavy atom. The zero-order chi connectivity index (χ0) is 14.5. The van der Waals surface area contributed by atoms with E-state index in [1.54, 1.807) is 0 Å². The molecule has 0 radical (unpaired) electrons. The van der Waals surface area contributed by atoms with E-state index in [2.05, 4.69) is 42.2 Å². The van der Waals surface area contributed by atoms with Gasteiger partial charge in [-0.2, -0.15) is 0 Å². The summed E-state index contributed by atoms with van der Waals surface area (Å²) in [5, 5.41) is 0. The van der Waals surface area contributed by atoms with E-state index in [0.29, 0.717) is 0 Å². The molecule has 0 aliphatic carbocycles. The highest BCUT2D eigenvalue weighted by Crippen LogP contribution is 2.30. The lowest BCUT2D eigenvalue weighted by molar-refractivity contribution is 0.449. The topological polar surface area (TPSA) is 15.6 Å². The summed E-state index contributed by atoms with van der Waals surface area (Å²) in [6.07, 6.45) is 11.5. The second-order valence-corrected chi connectivity index (χ2v) is 6.10. The Labute approximate surface area is 128 Å². The summed E-state index contributed by atoms with van der Waals surface area (Å²) in [6.45, 7) is 4.38. The van der Waals surface area contributed by atoms with Gasteiger partial charge in [0.05, 0.1) is 0 Å². The number of benzene rings is 1. The van der Waals surface area contributed by atoms with Gasteiger partial charge in [-0.25, -0.2) is 0 Å². The first-order valence-electron chi connectivity index (χ1n) is 8.52. The molecule has 0 amide bonds. The molecule has 0 unspecified atom stereocenters. The van der Waals surface area contributed by atoms with Crippen molar-refractivity contribution in [1.82, 2.24) is 4.90 Å². The van der Waals surface area contributed by atoms with Crippen molar-refractivity contribution in [1.29, 1.82) is 0 Å². The van der Waals surface area contributed by atoms with E-state index in [-0.39, 0.29) is 0 Å². The van der Waals surface area contributed by atoms with Crippen LogP contribution in [0.2, 0.25) is 0 Å². The highest BCUT2D eigenvalue weighted by Gasteiger charge is 2.25. The molecule has 2 aliphatic rings. The molecule has 21 heavy (non-hydrogen) atoms. The number of allylic oxidation sites excluding steroid dienone is 1. The normalized spacial score (nSPS) is 16.9. The summed E-state index contributed by atoms with van der Waals surface area (Å²) in [4.78, 5) is 7.27. The van der Waals surface area contributed by atoms with Gasteiger partial charge in [-0.15, -0.1) is 0 Å². The van der Waals surface area contributed by atoms with E-state index < -0.39 is 0 Å². The van der Waals surface area contributed by atoms with Crippen molar-refractivity contribution in [3.05, 3.63) is 41.1 Å². The van der Waals surface area contributed by atoms with Gasteiger partial charge >= 0.3 is 0 Å². The van der Waals surface area contributed by atoms with E-state index in [9.17, 15) is 0 Å². The van der Waals surface area contributed by atoms with Crippen molar-refractivity contribution >= 4 is 11.9 Å². The smallest absolute Gasteiger partial charge is 0.135 e. The standard InChI is InChI=1S/C19H26N2/c1-2-3-4-5-6-11-17-15-16-10-7-8-12-18(16)19-20-13-9-14-21(17)19/h7-8,10,12,15H,2-6,9,11,13-14H2,1H3. The minimum absolute atomic E-state index is 0.976. The van der Waals surface area contributed by atoms with Gasteiger partial charge in [0.25, 0.3) is 0 Å². The molecule has 3 rings (SSSR count). The maximum atomic E-state index is 4.80. The predicted molar refractivity (Wildman–Crippen MR) is 90.5 cm³/mol. The second kappa shape index (κ2) is 6.93. The molecule has 112 valence electrons. The third kappa shape index (κ3) is 3.20. The van der Waals surface area contributed by atoms with E-state index in [1.165, 1.54) is 67.6 Å². The van der Waals surface area contributed by atoms with Crippen LogP contribution in [-0.4, -0.2) is 23.8 Å². The van der Waals surface area contributed by atoms with Crippen molar-refractivity contribution in [2.45, 2.75) is 51.9 Å². The van der Waals surface area contributed by atoms with Crippen LogP contribution in [0, 0.1) is 0 Å². The second-order valence-electron chi connectivity index (χ2n) is 6.10. The van der Waals surface area contributed by atoms with Crippen LogP contribution >= 0.6 is 0 Å². The molecule has 0 atom stereocenters. The SMILES string of the molecule is CCCCCCCC1=Cc2ccccc2C2=NCCCN12. The fourth-order valence-corrected chi connectivity index (χ4v) is 3.32. The zero-order valence-electron chi connectivity index (χ0n) is 13.1. The summed E-state index contributed by atoms with van der Waals surface area (Å²) in [6, 6.07) is 8.69. The largest absolute Gasteiger partial charge is 0.330 e. The third-order valence-corrected chi connectivity index (χ3v) is 4.46. The zero-order valence-corrected chi connectivity index (χ0v) is 13.1. The fourth-order valence-electron chi connectivity index (χ4n) is 3.32. The van der Waals surface area contributed by atoms with E-state index in [0.717, 1.165) is 13.1 Å². The first-order valence-corrected chi connectivity index (χ1v) is 8.52. The molecule has 2 heteroatoms. The Balaban J connectivity index is 1.75. The van der Waals surface area contributed by atoms with Crippen molar-refractivity contribution < 1.29 is 0 Å². The lowest BCUT2D eigenvalue weighted by atomic mass is 9.96. The molecule has 2 nitrogen and oxygen atoms in total. The number of hydrogen-bond donors (Lipinski definition) is 0. The maximum Gasteiger partial charge on any atom is 0.135 e. The monoisotopic (exact) mass is 282 g/mol. The molecule has 2 aliphatic heterocycles. The summed E-state index contributed by atoms with van der Waals surface area (Å²) >= 11 is 0. The van der Waals surface area contributed by atoms with Gasteiger partial charge in [0.15, 0.2) is 0 Å². The Morgan fingerprint density at radius 1 is 1.10 bits per heavy atom. The number of aliphatic imine (C=N–C) groups is 1. The van der Waals surface area contributed by atoms with Gasteiger partial charge in [-0.1, -0.05) is 56.9 Å². The Kier molecular flexibility index (Phi) is 4.74. The molecular weight excluding hydrogens is 256 g/mol. The number of hydrogen-bond acceptors (Lipinski definition) is 2. The van der Waals surface area contributed by atoms with Crippen LogP contribution in [0.1, 0.15) is 63.0 Å². The number of amidine groups is 1. The minimum atomic E-state index is 0.976. The third-order valence-electron chi connectivity index (χ3n) is 4.46. The first kappa shape index (κ1) is 14.4. The lowest BCUT2D eigenvalue weighted by Crippen LogP contribution is -2.38. The summed E-state index contributed by atoms with van der Waals surface area (Å²) in [7, 11) is 0. The van der Waals surface area contributed by atoms with Crippen molar-refractivity contribution in [2.24, 2.45) is 4.99 Å². The predicted octanol–water partition coefficient (Wildman–Crippen LogP) is 4.85. The highest BCUT2D eigenvalue weighted by atomic mass is 15.2. The number of rotatable bonds is 6. The van der Waals surface area contributed by atoms with Crippen molar-refractivity contribution in [3.63, 3.8) is 0 Å². The number of fused-ring (bicyclic) bond motifs is 3. The average molecular weight is 282 g/mol. The molecule has 1 aromatic rings. The van der Waals surface area contributed by atoms with Gasteiger partial charge in [-0.3, -0.25) is 4.99 Å². The van der Waals surface area contributed by atoms with Crippen molar-refractivity contribution in [3.8, 4) is 0 Å². The van der Waals surface area contributed by atoms with Crippen LogP contribution in [0.25, 0.3) is 6.08 Å². The first-order chi connectivity index (χ1) is 10.4. The summed E-state index contributed by atoms with van der Waals surface area (Å²) in [5.41, 5.74) is 4.13. The van der Waals surface area contributed by atoms with Crippen LogP contribution in [0.3, 0.4) is 0 Å². The molecule has 0 saturated heterocycles. The van der Waals surface area contributed by atoms with Crippen LogP contribution in [0.5, 0.6) is 0 Å². The van der Waals surface area contributed by atoms with Crippen molar-refractivity contribution in [2.75, 3.05) is 13.1 Å². The van der Waals surface area contributed by atoms with Gasteiger partial charge in [0.1, 0.15) is 5.84 Å². The van der Waals surface area contributed by atoms with Crippen LogP contribution in [0.4, 0.5) is 0 Å². The van der Waals surface area contributed by atoms with Crippen LogP contribution < -0.4 is 0 Å². The molecule has 0 bridgehead atoms. The molecule has 1 aromatic carbocycles. The Bertz CT molecular complexity index is 542. The molecular formula is C19H26N2. The molecule has 2 heterocycles. The average Bonchev–Trinajstić information content (AvgIpc) is 2.54. The quantitative estimate of drug-likeness (QED) is 0.681. The highest BCUT2D eigenvalue weighted by molar-refractivity contribution is 6.05. The Morgan fingerprint density at radius 3 is 2.86 bits per heavy atom. The summed E-state index contributed by atoms with van der Waals surface area (Å²) in [5.74, 6) is 1.21. The molecule has 0 N–H and O–H groups in total. The molecule has 0 fully saturated rings. The van der Waals surface area contributed by atoms with Crippen LogP contribution in [-0.2, 0) is 0 Å². The summed E-state index contributed by atoms with van der Waals surface area (Å²) < 4.78 is 0. The van der Waals surface area contributed by atoms with Gasteiger partial charge in [0, 0.05) is 24.4 Å². The van der Waals surface area contributed by atoms with E-state index >= 15 is 0 Å². The minimum Gasteiger partial charge on any atom is -0.330 e. The van der Waals surface area contributed by atoms with E-state index in [1.807, 2.05) is 0 Å². The maximum absolute atomic E-state index is 4.80. The number of nitrogens with zero attached hydrogens (tertiary/aromatic N) is 2. The lowest BCUT2D eigenvalue weighted by Gasteiger charge is -2.35. The Hall–Kier alpha value is -1.57. The van der Waals surface area contributed by atoms with Gasteiger partial charge in [0.2, 0.25) is 0 Å². The van der Waals surface area contributed by atoms with Crippen LogP contribution in [0.15, 0.2) is 35.0 Å². The van der Waals surface area contributed by atoms with E-state index in [4.69, 9.17) is 4.99 Å². The molecule has 0 spiro atoms. The van der Waals surface area contributed by atoms with Gasteiger partial charge < -0.3 is 4.90 Å². The van der Waals surface area contributed by atoms with Gasteiger partial charge in [-0.05, 0) is 30.9 Å². The molecule has 0 aromatic heterocycles. The molecule has 0 saturated carbocycles.